The molecule has 0 saturated carbocycles. The van der Waals surface area contributed by atoms with Crippen LogP contribution in [0.25, 0.3) is 0 Å². The second-order valence-corrected chi connectivity index (χ2v) is 6.65. The van der Waals surface area contributed by atoms with Crippen LogP contribution < -0.4 is 0 Å². The third-order valence-corrected chi connectivity index (χ3v) is 2.92. The highest BCUT2D eigenvalue weighted by atomic mass is 16.5. The van der Waals surface area contributed by atoms with Gasteiger partial charge in [0.25, 0.3) is 0 Å². The van der Waals surface area contributed by atoms with Gasteiger partial charge in [-0.2, -0.15) is 0 Å². The summed E-state index contributed by atoms with van der Waals surface area (Å²) in [5.74, 6) is 0. The molecule has 0 bridgehead atoms. The zero-order valence-electron chi connectivity index (χ0n) is 11.3. The van der Waals surface area contributed by atoms with Crippen LogP contribution in [-0.4, -0.2) is 12.2 Å². The maximum absolute atomic E-state index is 5.97. The summed E-state index contributed by atoms with van der Waals surface area (Å²) in [6.07, 6.45) is 1.09. The molecule has 0 spiro atoms. The van der Waals surface area contributed by atoms with Gasteiger partial charge in [0.2, 0.25) is 0 Å². The van der Waals surface area contributed by atoms with Crippen molar-refractivity contribution in [3.63, 3.8) is 0 Å². The average molecular weight is 200 g/mol. The molecular weight excluding hydrogens is 172 g/mol. The SMILES string of the molecule is CCOC(C)(CC(C)(C)C)C(C)(C)C. The van der Waals surface area contributed by atoms with Gasteiger partial charge in [-0.15, -0.1) is 0 Å². The molecular formula is C13H28O. The Morgan fingerprint density at radius 3 is 1.50 bits per heavy atom. The third-order valence-electron chi connectivity index (χ3n) is 2.92. The first-order chi connectivity index (χ1) is 6.02. The lowest BCUT2D eigenvalue weighted by molar-refractivity contribution is -0.120. The lowest BCUT2D eigenvalue weighted by Crippen LogP contribution is -2.45. The lowest BCUT2D eigenvalue weighted by Gasteiger charge is -2.45. The molecule has 0 heterocycles. The van der Waals surface area contributed by atoms with Crippen LogP contribution in [0.15, 0.2) is 0 Å². The van der Waals surface area contributed by atoms with Gasteiger partial charge >= 0.3 is 0 Å². The van der Waals surface area contributed by atoms with Gasteiger partial charge in [0.05, 0.1) is 5.60 Å². The van der Waals surface area contributed by atoms with E-state index in [4.69, 9.17) is 4.74 Å². The van der Waals surface area contributed by atoms with Gasteiger partial charge in [0, 0.05) is 6.61 Å². The molecule has 1 nitrogen and oxygen atoms in total. The van der Waals surface area contributed by atoms with Crippen LogP contribution in [-0.2, 0) is 4.74 Å². The minimum atomic E-state index is -0.0278. The molecule has 0 fully saturated rings. The van der Waals surface area contributed by atoms with Crippen LogP contribution in [0, 0.1) is 10.8 Å². The van der Waals surface area contributed by atoms with Crippen LogP contribution in [0.1, 0.15) is 61.8 Å². The van der Waals surface area contributed by atoms with Crippen molar-refractivity contribution in [3.05, 3.63) is 0 Å². The summed E-state index contributed by atoms with van der Waals surface area (Å²) in [6.45, 7) is 18.7. The van der Waals surface area contributed by atoms with E-state index in [0.717, 1.165) is 13.0 Å². The van der Waals surface area contributed by atoms with Crippen LogP contribution in [0.5, 0.6) is 0 Å². The number of hydrogen-bond donors (Lipinski definition) is 0. The van der Waals surface area contributed by atoms with E-state index in [2.05, 4.69) is 55.4 Å². The Bertz CT molecular complexity index is 171. The first-order valence-corrected chi connectivity index (χ1v) is 5.66. The highest BCUT2D eigenvalue weighted by Gasteiger charge is 2.40. The average Bonchev–Trinajstić information content (AvgIpc) is 1.79. The van der Waals surface area contributed by atoms with Crippen LogP contribution in [0.2, 0.25) is 0 Å². The molecule has 0 radical (unpaired) electrons. The Hall–Kier alpha value is -0.0400. The van der Waals surface area contributed by atoms with Gasteiger partial charge < -0.3 is 4.74 Å². The van der Waals surface area contributed by atoms with Gasteiger partial charge in [-0.05, 0) is 31.1 Å². The number of ether oxygens (including phenoxy) is 1. The first kappa shape index (κ1) is 14.0. The lowest BCUT2D eigenvalue weighted by atomic mass is 9.69. The van der Waals surface area contributed by atoms with E-state index in [-0.39, 0.29) is 11.0 Å². The summed E-state index contributed by atoms with van der Waals surface area (Å²) in [5, 5.41) is 0. The summed E-state index contributed by atoms with van der Waals surface area (Å²) in [7, 11) is 0. The zero-order valence-corrected chi connectivity index (χ0v) is 11.3. The van der Waals surface area contributed by atoms with Gasteiger partial charge in [0.1, 0.15) is 0 Å². The molecule has 1 atom stereocenters. The Balaban J connectivity index is 4.74. The molecule has 1 heteroatoms. The molecule has 0 aromatic carbocycles. The summed E-state index contributed by atoms with van der Waals surface area (Å²) < 4.78 is 5.97. The summed E-state index contributed by atoms with van der Waals surface area (Å²) >= 11 is 0. The molecule has 86 valence electrons. The van der Waals surface area contributed by atoms with Crippen molar-refractivity contribution in [1.82, 2.24) is 0 Å². The molecule has 0 aliphatic carbocycles. The van der Waals surface area contributed by atoms with Crippen LogP contribution in [0.3, 0.4) is 0 Å². The molecule has 14 heavy (non-hydrogen) atoms. The topological polar surface area (TPSA) is 9.23 Å². The van der Waals surface area contributed by atoms with Crippen molar-refractivity contribution in [2.24, 2.45) is 10.8 Å². The summed E-state index contributed by atoms with van der Waals surface area (Å²) in [5.41, 5.74) is 0.480. The molecule has 0 aliphatic rings. The van der Waals surface area contributed by atoms with E-state index in [1.807, 2.05) is 0 Å². The Labute approximate surface area is 90.2 Å². The van der Waals surface area contributed by atoms with E-state index >= 15 is 0 Å². The van der Waals surface area contributed by atoms with E-state index in [0.29, 0.717) is 5.41 Å². The quantitative estimate of drug-likeness (QED) is 0.661. The molecule has 0 saturated heterocycles. The number of hydrogen-bond acceptors (Lipinski definition) is 1. The minimum absolute atomic E-state index is 0.0278. The molecule has 0 aromatic heterocycles. The summed E-state index contributed by atoms with van der Waals surface area (Å²) in [4.78, 5) is 0. The van der Waals surface area contributed by atoms with E-state index < -0.39 is 0 Å². The van der Waals surface area contributed by atoms with Gasteiger partial charge in [-0.1, -0.05) is 41.5 Å². The van der Waals surface area contributed by atoms with Crippen molar-refractivity contribution in [1.29, 1.82) is 0 Å². The normalized spacial score (nSPS) is 18.0. The molecule has 0 aromatic rings. The van der Waals surface area contributed by atoms with Crippen LogP contribution in [0.4, 0.5) is 0 Å². The second-order valence-electron chi connectivity index (χ2n) is 6.65. The second kappa shape index (κ2) is 4.22. The van der Waals surface area contributed by atoms with Crippen molar-refractivity contribution in [3.8, 4) is 0 Å². The van der Waals surface area contributed by atoms with Crippen molar-refractivity contribution in [2.75, 3.05) is 6.61 Å². The highest BCUT2D eigenvalue weighted by molar-refractivity contribution is 4.91. The van der Waals surface area contributed by atoms with Crippen molar-refractivity contribution in [2.45, 2.75) is 67.4 Å². The third kappa shape index (κ3) is 4.00. The number of rotatable bonds is 3. The molecule has 0 rings (SSSR count). The van der Waals surface area contributed by atoms with Gasteiger partial charge in [0.15, 0.2) is 0 Å². The first-order valence-electron chi connectivity index (χ1n) is 5.66. The fourth-order valence-corrected chi connectivity index (χ4v) is 1.86. The Morgan fingerprint density at radius 1 is 0.857 bits per heavy atom. The maximum atomic E-state index is 5.97. The van der Waals surface area contributed by atoms with E-state index in [9.17, 15) is 0 Å². The van der Waals surface area contributed by atoms with Crippen molar-refractivity contribution < 1.29 is 4.74 Å². The Morgan fingerprint density at radius 2 is 1.29 bits per heavy atom. The monoisotopic (exact) mass is 200 g/mol. The van der Waals surface area contributed by atoms with E-state index in [1.54, 1.807) is 0 Å². The maximum Gasteiger partial charge on any atom is 0.0707 e. The van der Waals surface area contributed by atoms with Crippen molar-refractivity contribution >= 4 is 0 Å². The Kier molecular flexibility index (Phi) is 4.21. The molecule has 0 amide bonds. The predicted molar refractivity (Wildman–Crippen MR) is 63.6 cm³/mol. The molecule has 1 unspecified atom stereocenters. The highest BCUT2D eigenvalue weighted by Crippen LogP contribution is 2.41. The fraction of sp³-hybridized carbons (Fsp3) is 1.00. The van der Waals surface area contributed by atoms with E-state index in [1.165, 1.54) is 0 Å². The van der Waals surface area contributed by atoms with Gasteiger partial charge in [-0.25, -0.2) is 0 Å². The summed E-state index contributed by atoms with van der Waals surface area (Å²) in [6, 6.07) is 0. The molecule has 0 N–H and O–H groups in total. The van der Waals surface area contributed by atoms with Gasteiger partial charge in [-0.3, -0.25) is 0 Å². The fourth-order valence-electron chi connectivity index (χ4n) is 1.86. The smallest absolute Gasteiger partial charge is 0.0707 e. The largest absolute Gasteiger partial charge is 0.375 e. The van der Waals surface area contributed by atoms with Crippen LogP contribution >= 0.6 is 0 Å². The molecule has 0 aliphatic heterocycles. The standard InChI is InChI=1S/C13H28O/c1-9-14-13(8,12(5,6)7)10-11(2,3)4/h9-10H2,1-8H3. The predicted octanol–water partition coefficient (Wildman–Crippen LogP) is 4.26. The minimum Gasteiger partial charge on any atom is -0.375 e. The zero-order chi connectivity index (χ0) is 11.6.